The van der Waals surface area contributed by atoms with E-state index >= 15 is 0 Å². The minimum Gasteiger partial charge on any atom is -0.462 e. The van der Waals surface area contributed by atoms with Crippen molar-refractivity contribution in [3.63, 3.8) is 0 Å². The molecule has 0 radical (unpaired) electrons. The molecule has 0 atom stereocenters. The van der Waals surface area contributed by atoms with Crippen LogP contribution in [0.4, 0.5) is 0 Å². The first-order valence-corrected chi connectivity index (χ1v) is 6.32. The van der Waals surface area contributed by atoms with E-state index in [2.05, 4.69) is 0 Å². The summed E-state index contributed by atoms with van der Waals surface area (Å²) in [4.78, 5) is 23.8. The maximum absolute atomic E-state index is 12.0. The molecule has 0 heterocycles. The first kappa shape index (κ1) is 15.5. The second kappa shape index (κ2) is 6.06. The topological polar surface area (TPSA) is 52.6 Å². The van der Waals surface area contributed by atoms with Crippen LogP contribution < -0.4 is 0 Å². The molecule has 0 spiro atoms. The summed E-state index contributed by atoms with van der Waals surface area (Å²) in [6.07, 6.45) is 0. The van der Waals surface area contributed by atoms with Gasteiger partial charge < -0.3 is 9.47 Å². The summed E-state index contributed by atoms with van der Waals surface area (Å²) in [6, 6.07) is 4.39. The number of hydrogen-bond donors (Lipinski definition) is 0. The number of carbonyl (C=O) groups excluding carboxylic acids is 2. The molecule has 0 bridgehead atoms. The first-order chi connectivity index (χ1) is 8.74. The van der Waals surface area contributed by atoms with Crippen LogP contribution in [-0.4, -0.2) is 24.1 Å². The molecule has 4 nitrogen and oxygen atoms in total. The zero-order valence-electron chi connectivity index (χ0n) is 11.5. The van der Waals surface area contributed by atoms with Gasteiger partial charge in [-0.3, -0.25) is 0 Å². The summed E-state index contributed by atoms with van der Waals surface area (Å²) in [5.74, 6) is -1.17. The van der Waals surface area contributed by atoms with E-state index in [1.165, 1.54) is 18.2 Å². The lowest BCUT2D eigenvalue weighted by Gasteiger charge is -2.20. The van der Waals surface area contributed by atoms with Crippen LogP contribution in [0.15, 0.2) is 18.2 Å². The highest BCUT2D eigenvalue weighted by molar-refractivity contribution is 6.31. The van der Waals surface area contributed by atoms with Crippen LogP contribution in [0.25, 0.3) is 0 Å². The Bertz CT molecular complexity index is 489. The Kier molecular flexibility index (Phi) is 4.95. The molecule has 0 fully saturated rings. The van der Waals surface area contributed by atoms with Crippen molar-refractivity contribution >= 4 is 23.5 Å². The predicted molar refractivity (Wildman–Crippen MR) is 72.6 cm³/mol. The van der Waals surface area contributed by atoms with Gasteiger partial charge in [0.05, 0.1) is 17.7 Å². The molecular weight excluding hydrogens is 268 g/mol. The zero-order valence-corrected chi connectivity index (χ0v) is 12.2. The Balaban J connectivity index is 3.13. The summed E-state index contributed by atoms with van der Waals surface area (Å²) in [5.41, 5.74) is -0.371. The predicted octanol–water partition coefficient (Wildman–Crippen LogP) is 3.47. The van der Waals surface area contributed by atoms with Gasteiger partial charge in [0.15, 0.2) is 0 Å². The van der Waals surface area contributed by atoms with Crippen LogP contribution >= 0.6 is 11.6 Å². The fourth-order valence-corrected chi connectivity index (χ4v) is 1.58. The molecule has 0 saturated heterocycles. The van der Waals surface area contributed by atoms with E-state index in [0.717, 1.165) is 0 Å². The molecule has 0 aliphatic rings. The third kappa shape index (κ3) is 4.56. The maximum atomic E-state index is 12.0. The van der Waals surface area contributed by atoms with Crippen molar-refractivity contribution < 1.29 is 19.1 Å². The summed E-state index contributed by atoms with van der Waals surface area (Å²) < 4.78 is 10.1. The summed E-state index contributed by atoms with van der Waals surface area (Å²) in [7, 11) is 0. The van der Waals surface area contributed by atoms with E-state index in [1.807, 2.05) is 0 Å². The number of carbonyl (C=O) groups is 2. The second-order valence-corrected chi connectivity index (χ2v) is 5.35. The van der Waals surface area contributed by atoms with E-state index in [4.69, 9.17) is 21.1 Å². The van der Waals surface area contributed by atoms with Gasteiger partial charge in [0, 0.05) is 5.02 Å². The molecule has 104 valence electrons. The van der Waals surface area contributed by atoms with Gasteiger partial charge in [-0.25, -0.2) is 9.59 Å². The monoisotopic (exact) mass is 284 g/mol. The number of ether oxygens (including phenoxy) is 2. The van der Waals surface area contributed by atoms with Gasteiger partial charge in [-0.1, -0.05) is 11.6 Å². The van der Waals surface area contributed by atoms with E-state index in [0.29, 0.717) is 5.02 Å². The Morgan fingerprint density at radius 1 is 1.16 bits per heavy atom. The third-order valence-corrected chi connectivity index (χ3v) is 2.33. The average Bonchev–Trinajstić information content (AvgIpc) is 2.26. The van der Waals surface area contributed by atoms with E-state index in [9.17, 15) is 9.59 Å². The number of hydrogen-bond acceptors (Lipinski definition) is 4. The van der Waals surface area contributed by atoms with Crippen molar-refractivity contribution in [2.45, 2.75) is 33.3 Å². The standard InChI is InChI=1S/C14H17ClO4/c1-5-18-12(16)11-8-9(15)6-7-10(11)13(17)19-14(2,3)4/h6-8H,5H2,1-4H3. The highest BCUT2D eigenvalue weighted by Crippen LogP contribution is 2.20. The highest BCUT2D eigenvalue weighted by Gasteiger charge is 2.23. The largest absolute Gasteiger partial charge is 0.462 e. The SMILES string of the molecule is CCOC(=O)c1cc(Cl)ccc1C(=O)OC(C)(C)C. The Labute approximate surface area is 117 Å². The lowest BCUT2D eigenvalue weighted by atomic mass is 10.1. The Morgan fingerprint density at radius 2 is 1.79 bits per heavy atom. The number of halogens is 1. The minimum absolute atomic E-state index is 0.114. The van der Waals surface area contributed by atoms with Crippen molar-refractivity contribution in [3.8, 4) is 0 Å². The van der Waals surface area contributed by atoms with Crippen molar-refractivity contribution in [1.29, 1.82) is 0 Å². The molecule has 0 N–H and O–H groups in total. The lowest BCUT2D eigenvalue weighted by molar-refractivity contribution is 0.00644. The lowest BCUT2D eigenvalue weighted by Crippen LogP contribution is -2.25. The van der Waals surface area contributed by atoms with Gasteiger partial charge >= 0.3 is 11.9 Å². The molecule has 0 saturated carbocycles. The van der Waals surface area contributed by atoms with Crippen LogP contribution in [0.1, 0.15) is 48.4 Å². The van der Waals surface area contributed by atoms with Gasteiger partial charge in [0.25, 0.3) is 0 Å². The summed E-state index contributed by atoms with van der Waals surface area (Å²) in [6.45, 7) is 7.18. The molecule has 0 unspecified atom stereocenters. The summed E-state index contributed by atoms with van der Waals surface area (Å²) in [5, 5.41) is 0.357. The van der Waals surface area contributed by atoms with E-state index < -0.39 is 17.5 Å². The fraction of sp³-hybridized carbons (Fsp3) is 0.429. The van der Waals surface area contributed by atoms with Gasteiger partial charge in [0.2, 0.25) is 0 Å². The average molecular weight is 285 g/mol. The number of benzene rings is 1. The molecule has 5 heteroatoms. The Hall–Kier alpha value is -1.55. The van der Waals surface area contributed by atoms with Crippen molar-refractivity contribution in [2.75, 3.05) is 6.61 Å². The van der Waals surface area contributed by atoms with Crippen molar-refractivity contribution in [2.24, 2.45) is 0 Å². The molecule has 1 aromatic carbocycles. The maximum Gasteiger partial charge on any atom is 0.339 e. The smallest absolute Gasteiger partial charge is 0.339 e. The second-order valence-electron chi connectivity index (χ2n) is 4.91. The molecule has 19 heavy (non-hydrogen) atoms. The number of rotatable bonds is 3. The van der Waals surface area contributed by atoms with Crippen LogP contribution in [0, 0.1) is 0 Å². The zero-order chi connectivity index (χ0) is 14.6. The molecule has 1 aromatic rings. The van der Waals surface area contributed by atoms with Crippen LogP contribution in [0.5, 0.6) is 0 Å². The molecule has 0 aliphatic carbocycles. The van der Waals surface area contributed by atoms with Crippen molar-refractivity contribution in [3.05, 3.63) is 34.3 Å². The summed E-state index contributed by atoms with van der Waals surface area (Å²) >= 11 is 5.84. The molecule has 0 aromatic heterocycles. The molecule has 0 aliphatic heterocycles. The van der Waals surface area contributed by atoms with E-state index in [1.54, 1.807) is 27.7 Å². The third-order valence-electron chi connectivity index (χ3n) is 2.10. The van der Waals surface area contributed by atoms with Crippen molar-refractivity contribution in [1.82, 2.24) is 0 Å². The van der Waals surface area contributed by atoms with Crippen LogP contribution in [0.3, 0.4) is 0 Å². The first-order valence-electron chi connectivity index (χ1n) is 5.94. The highest BCUT2D eigenvalue weighted by atomic mass is 35.5. The van der Waals surface area contributed by atoms with Crippen LogP contribution in [0.2, 0.25) is 5.02 Å². The molecular formula is C14H17ClO4. The van der Waals surface area contributed by atoms with Crippen LogP contribution in [-0.2, 0) is 9.47 Å². The Morgan fingerprint density at radius 3 is 2.32 bits per heavy atom. The minimum atomic E-state index is -0.636. The molecule has 0 amide bonds. The van der Waals surface area contributed by atoms with E-state index in [-0.39, 0.29) is 17.7 Å². The van der Waals surface area contributed by atoms with Gasteiger partial charge in [-0.15, -0.1) is 0 Å². The van der Waals surface area contributed by atoms with Gasteiger partial charge in [-0.05, 0) is 45.9 Å². The van der Waals surface area contributed by atoms with Gasteiger partial charge in [0.1, 0.15) is 5.60 Å². The molecule has 1 rings (SSSR count). The quantitative estimate of drug-likeness (QED) is 0.798. The van der Waals surface area contributed by atoms with Gasteiger partial charge in [-0.2, -0.15) is 0 Å². The fourth-order valence-electron chi connectivity index (χ4n) is 1.41. The number of esters is 2. The normalized spacial score (nSPS) is 11.0.